The summed E-state index contributed by atoms with van der Waals surface area (Å²) in [5.74, 6) is 0.940. The number of hydrogen-bond acceptors (Lipinski definition) is 5. The fourth-order valence-corrected chi connectivity index (χ4v) is 5.65. The predicted molar refractivity (Wildman–Crippen MR) is 134 cm³/mol. The Balaban J connectivity index is 1.18. The molecule has 0 atom stereocenters. The molecule has 0 spiro atoms. The first-order chi connectivity index (χ1) is 16.5. The van der Waals surface area contributed by atoms with E-state index in [1.54, 1.807) is 6.08 Å². The van der Waals surface area contributed by atoms with Crippen LogP contribution in [-0.4, -0.2) is 80.9 Å². The van der Waals surface area contributed by atoms with Crippen LogP contribution >= 0.6 is 0 Å². The smallest absolute Gasteiger partial charge is 0.236 e. The lowest BCUT2D eigenvalue weighted by molar-refractivity contribution is -0.138. The predicted octanol–water partition coefficient (Wildman–Crippen LogP) is 2.92. The number of ether oxygens (including phenoxy) is 1. The molecule has 2 fully saturated rings. The number of piperidine rings is 1. The summed E-state index contributed by atoms with van der Waals surface area (Å²) < 4.78 is 32.6. The molecule has 0 radical (unpaired) electrons. The molecule has 2 aliphatic heterocycles. The largest absolute Gasteiger partial charge is 0.492 e. The molecule has 0 bridgehead atoms. The van der Waals surface area contributed by atoms with Crippen LogP contribution in [0.15, 0.2) is 66.1 Å². The minimum absolute atomic E-state index is 0.0995. The number of sulfonamides is 1. The van der Waals surface area contributed by atoms with E-state index in [1.807, 2.05) is 65.6 Å². The Kier molecular flexibility index (Phi) is 8.37. The second kappa shape index (κ2) is 11.6. The molecule has 0 aliphatic carbocycles. The monoisotopic (exact) mass is 483 g/mol. The maximum absolute atomic E-state index is 13.0. The van der Waals surface area contributed by atoms with Crippen LogP contribution in [0.3, 0.4) is 0 Å². The SMILES string of the molecule is O=C(C1CCN(S(=O)(=O)/C=C/c2ccccc2)CC1)N1CCN(CCOc2ccccc2)CC1. The van der Waals surface area contributed by atoms with Crippen molar-refractivity contribution in [1.82, 2.24) is 14.1 Å². The Morgan fingerprint density at radius 3 is 2.15 bits per heavy atom. The summed E-state index contributed by atoms with van der Waals surface area (Å²) in [4.78, 5) is 17.3. The zero-order valence-electron chi connectivity index (χ0n) is 19.5. The van der Waals surface area contributed by atoms with Crippen LogP contribution in [0.5, 0.6) is 5.75 Å². The number of carbonyl (C=O) groups excluding carboxylic acids is 1. The molecule has 0 unspecified atom stereocenters. The third-order valence-corrected chi connectivity index (χ3v) is 8.06. The number of hydrogen-bond donors (Lipinski definition) is 0. The van der Waals surface area contributed by atoms with E-state index in [4.69, 9.17) is 4.74 Å². The molecule has 182 valence electrons. The molecule has 0 N–H and O–H groups in total. The van der Waals surface area contributed by atoms with Gasteiger partial charge < -0.3 is 9.64 Å². The molecule has 0 saturated carbocycles. The van der Waals surface area contributed by atoms with Crippen molar-refractivity contribution in [3.05, 3.63) is 71.6 Å². The highest BCUT2D eigenvalue weighted by Gasteiger charge is 2.33. The number of amides is 1. The van der Waals surface area contributed by atoms with Gasteiger partial charge in [-0.3, -0.25) is 9.69 Å². The van der Waals surface area contributed by atoms with Gasteiger partial charge >= 0.3 is 0 Å². The first-order valence-electron chi connectivity index (χ1n) is 11.9. The van der Waals surface area contributed by atoms with Crippen LogP contribution in [0.25, 0.3) is 6.08 Å². The van der Waals surface area contributed by atoms with Crippen molar-refractivity contribution in [2.45, 2.75) is 12.8 Å². The number of piperazine rings is 1. The highest BCUT2D eigenvalue weighted by atomic mass is 32.2. The Hall–Kier alpha value is -2.68. The van der Waals surface area contributed by atoms with Crippen molar-refractivity contribution in [3.8, 4) is 5.75 Å². The number of carbonyl (C=O) groups is 1. The van der Waals surface area contributed by atoms with E-state index in [0.29, 0.717) is 45.6 Å². The van der Waals surface area contributed by atoms with Gasteiger partial charge in [0.15, 0.2) is 0 Å². The van der Waals surface area contributed by atoms with Gasteiger partial charge in [-0.15, -0.1) is 0 Å². The summed E-state index contributed by atoms with van der Waals surface area (Å²) in [7, 11) is -3.48. The van der Waals surface area contributed by atoms with Gasteiger partial charge in [-0.25, -0.2) is 8.42 Å². The first kappa shape index (κ1) is 24.4. The van der Waals surface area contributed by atoms with Crippen LogP contribution in [0.2, 0.25) is 0 Å². The van der Waals surface area contributed by atoms with Gasteiger partial charge in [0.25, 0.3) is 0 Å². The average Bonchev–Trinajstić information content (AvgIpc) is 2.89. The minimum atomic E-state index is -3.48. The average molecular weight is 484 g/mol. The fourth-order valence-electron chi connectivity index (χ4n) is 4.43. The van der Waals surface area contributed by atoms with Crippen molar-refractivity contribution in [1.29, 1.82) is 0 Å². The molecule has 4 rings (SSSR count). The topological polar surface area (TPSA) is 70.2 Å². The van der Waals surface area contributed by atoms with Crippen LogP contribution in [0.1, 0.15) is 18.4 Å². The van der Waals surface area contributed by atoms with Gasteiger partial charge in [-0.05, 0) is 36.6 Å². The van der Waals surface area contributed by atoms with Crippen LogP contribution < -0.4 is 4.74 Å². The van der Waals surface area contributed by atoms with Crippen LogP contribution in [-0.2, 0) is 14.8 Å². The maximum atomic E-state index is 13.0. The summed E-state index contributed by atoms with van der Waals surface area (Å²) in [6.45, 7) is 5.32. The van der Waals surface area contributed by atoms with Gasteiger partial charge in [0, 0.05) is 57.1 Å². The molecular weight excluding hydrogens is 450 g/mol. The van der Waals surface area contributed by atoms with Crippen molar-refractivity contribution >= 4 is 22.0 Å². The Morgan fingerprint density at radius 1 is 0.882 bits per heavy atom. The third kappa shape index (κ3) is 6.68. The van der Waals surface area contributed by atoms with Crippen LogP contribution in [0, 0.1) is 5.92 Å². The van der Waals surface area contributed by atoms with E-state index in [0.717, 1.165) is 30.9 Å². The number of rotatable bonds is 8. The molecule has 2 aromatic carbocycles. The summed E-state index contributed by atoms with van der Waals surface area (Å²) in [5.41, 5.74) is 0.849. The molecule has 1 amide bonds. The number of benzene rings is 2. The Bertz CT molecular complexity index is 1040. The molecule has 2 saturated heterocycles. The highest BCUT2D eigenvalue weighted by molar-refractivity contribution is 7.92. The fraction of sp³-hybridized carbons (Fsp3) is 0.423. The van der Waals surface area contributed by atoms with Gasteiger partial charge in [-0.1, -0.05) is 48.5 Å². The summed E-state index contributed by atoms with van der Waals surface area (Å²) in [6.07, 6.45) is 2.77. The molecule has 2 aromatic rings. The first-order valence-corrected chi connectivity index (χ1v) is 13.4. The molecule has 34 heavy (non-hydrogen) atoms. The van der Waals surface area contributed by atoms with Gasteiger partial charge in [0.2, 0.25) is 15.9 Å². The van der Waals surface area contributed by atoms with Crippen molar-refractivity contribution in [3.63, 3.8) is 0 Å². The lowest BCUT2D eigenvalue weighted by Crippen LogP contribution is -2.52. The normalized spacial score (nSPS) is 18.9. The lowest BCUT2D eigenvalue weighted by atomic mass is 9.96. The van der Waals surface area contributed by atoms with Crippen molar-refractivity contribution < 1.29 is 17.9 Å². The molecule has 8 heteroatoms. The molecule has 7 nitrogen and oxygen atoms in total. The van der Waals surface area contributed by atoms with Gasteiger partial charge in [-0.2, -0.15) is 4.31 Å². The van der Waals surface area contributed by atoms with E-state index in [9.17, 15) is 13.2 Å². The maximum Gasteiger partial charge on any atom is 0.236 e. The van der Waals surface area contributed by atoms with E-state index < -0.39 is 10.0 Å². The quantitative estimate of drug-likeness (QED) is 0.578. The number of para-hydroxylation sites is 1. The van der Waals surface area contributed by atoms with Crippen molar-refractivity contribution in [2.75, 3.05) is 52.4 Å². The molecule has 0 aromatic heterocycles. The second-order valence-corrected chi connectivity index (χ2v) is 10.6. The summed E-state index contributed by atoms with van der Waals surface area (Å²) in [6, 6.07) is 19.2. The van der Waals surface area contributed by atoms with E-state index >= 15 is 0 Å². The van der Waals surface area contributed by atoms with Gasteiger partial charge in [0.05, 0.1) is 0 Å². The zero-order valence-corrected chi connectivity index (χ0v) is 20.3. The van der Waals surface area contributed by atoms with E-state index in [2.05, 4.69) is 4.90 Å². The molecular formula is C26H33N3O4S. The zero-order chi connectivity index (χ0) is 23.8. The lowest BCUT2D eigenvalue weighted by Gasteiger charge is -2.38. The Labute approximate surface area is 202 Å². The third-order valence-electron chi connectivity index (χ3n) is 6.50. The van der Waals surface area contributed by atoms with Crippen molar-refractivity contribution in [2.24, 2.45) is 5.92 Å². The highest BCUT2D eigenvalue weighted by Crippen LogP contribution is 2.23. The molecule has 2 heterocycles. The summed E-state index contributed by atoms with van der Waals surface area (Å²) in [5, 5.41) is 1.27. The minimum Gasteiger partial charge on any atom is -0.492 e. The Morgan fingerprint density at radius 2 is 1.50 bits per heavy atom. The molecule has 2 aliphatic rings. The van der Waals surface area contributed by atoms with Crippen LogP contribution in [0.4, 0.5) is 0 Å². The van der Waals surface area contributed by atoms with Gasteiger partial charge in [0.1, 0.15) is 12.4 Å². The second-order valence-electron chi connectivity index (χ2n) is 8.76. The number of nitrogens with zero attached hydrogens (tertiary/aromatic N) is 3. The van der Waals surface area contributed by atoms with E-state index in [-0.39, 0.29) is 11.8 Å². The van der Waals surface area contributed by atoms with E-state index in [1.165, 1.54) is 9.71 Å². The standard InChI is InChI=1S/C26H33N3O4S/c30-26(28-18-16-27(17-19-28)20-21-33-25-9-5-2-6-10-25)24-11-14-29(15-12-24)34(31,32)22-13-23-7-3-1-4-8-23/h1-10,13,22,24H,11-12,14-21H2/b22-13+. The summed E-state index contributed by atoms with van der Waals surface area (Å²) >= 11 is 0.